The molecule has 1 aromatic carbocycles. The number of aliphatic hydroxyl groups is 1. The van der Waals surface area contributed by atoms with Crippen molar-refractivity contribution >= 4 is 5.97 Å². The summed E-state index contributed by atoms with van der Waals surface area (Å²) in [7, 11) is 0. The molecule has 4 heteroatoms. The zero-order chi connectivity index (χ0) is 13.8. The zero-order valence-electron chi connectivity index (χ0n) is 11.0. The van der Waals surface area contributed by atoms with Crippen molar-refractivity contribution in [3.63, 3.8) is 0 Å². The van der Waals surface area contributed by atoms with Crippen LogP contribution < -0.4 is 4.74 Å². The average molecular weight is 252 g/mol. The van der Waals surface area contributed by atoms with Crippen LogP contribution in [0.3, 0.4) is 0 Å². The quantitative estimate of drug-likeness (QED) is 0.816. The molecule has 1 atom stereocenters. The highest BCUT2D eigenvalue weighted by Gasteiger charge is 2.28. The maximum Gasteiger partial charge on any atom is 0.312 e. The normalized spacial score (nSPS) is 13.1. The number of carboxylic acids is 1. The lowest BCUT2D eigenvalue weighted by atomic mass is 9.95. The number of ether oxygens (including phenoxy) is 1. The second-order valence-corrected chi connectivity index (χ2v) is 4.94. The molecule has 0 aliphatic carbocycles. The minimum atomic E-state index is -0.954. The van der Waals surface area contributed by atoms with Gasteiger partial charge in [-0.2, -0.15) is 0 Å². The molecule has 0 saturated heterocycles. The van der Waals surface area contributed by atoms with Crippen molar-refractivity contribution in [3.05, 3.63) is 29.8 Å². The maximum atomic E-state index is 11.0. The average Bonchev–Trinajstić information content (AvgIpc) is 2.35. The highest BCUT2D eigenvalue weighted by Crippen LogP contribution is 2.28. The summed E-state index contributed by atoms with van der Waals surface area (Å²) >= 11 is 0. The van der Waals surface area contributed by atoms with Crippen LogP contribution in [0.5, 0.6) is 5.75 Å². The lowest BCUT2D eigenvalue weighted by molar-refractivity contribution is -0.148. The molecule has 0 aliphatic heterocycles. The Morgan fingerprint density at radius 3 is 2.56 bits per heavy atom. The molecule has 0 spiro atoms. The van der Waals surface area contributed by atoms with Gasteiger partial charge < -0.3 is 14.9 Å². The Kier molecular flexibility index (Phi) is 4.73. The van der Waals surface area contributed by atoms with Gasteiger partial charge in [0, 0.05) is 5.56 Å². The zero-order valence-corrected chi connectivity index (χ0v) is 11.0. The Balaban J connectivity index is 2.82. The van der Waals surface area contributed by atoms with Gasteiger partial charge in [-0.15, -0.1) is 0 Å². The first-order valence-electron chi connectivity index (χ1n) is 6.01. The van der Waals surface area contributed by atoms with Gasteiger partial charge in [0.25, 0.3) is 0 Å². The molecule has 0 bridgehead atoms. The predicted octanol–water partition coefficient (Wildman–Crippen LogP) is 2.62. The van der Waals surface area contributed by atoms with Gasteiger partial charge in [0.1, 0.15) is 12.4 Å². The fraction of sp³-hybridized carbons (Fsp3) is 0.500. The van der Waals surface area contributed by atoms with Gasteiger partial charge in [-0.3, -0.25) is 4.79 Å². The number of aliphatic hydroxyl groups excluding tert-OH is 1. The van der Waals surface area contributed by atoms with Gasteiger partial charge in [-0.1, -0.05) is 25.1 Å². The van der Waals surface area contributed by atoms with Crippen molar-refractivity contribution in [2.75, 3.05) is 6.61 Å². The van der Waals surface area contributed by atoms with Crippen molar-refractivity contribution in [1.29, 1.82) is 0 Å². The van der Waals surface area contributed by atoms with Gasteiger partial charge in [0.15, 0.2) is 0 Å². The molecular formula is C14H20O4. The second kappa shape index (κ2) is 5.87. The summed E-state index contributed by atoms with van der Waals surface area (Å²) in [5.74, 6) is -0.364. The van der Waals surface area contributed by atoms with E-state index in [9.17, 15) is 9.90 Å². The predicted molar refractivity (Wildman–Crippen MR) is 68.6 cm³/mol. The third kappa shape index (κ3) is 3.47. The molecule has 4 nitrogen and oxygen atoms in total. The third-order valence-electron chi connectivity index (χ3n) is 2.83. The van der Waals surface area contributed by atoms with E-state index in [1.165, 1.54) is 0 Å². The third-order valence-corrected chi connectivity index (χ3v) is 2.83. The van der Waals surface area contributed by atoms with E-state index in [2.05, 4.69) is 0 Å². The van der Waals surface area contributed by atoms with Gasteiger partial charge in [0.05, 0.1) is 11.5 Å². The Morgan fingerprint density at radius 1 is 1.39 bits per heavy atom. The summed E-state index contributed by atoms with van der Waals surface area (Å²) in [6, 6.07) is 7.15. The molecule has 0 saturated carbocycles. The first kappa shape index (κ1) is 14.5. The number of carbonyl (C=O) groups is 1. The van der Waals surface area contributed by atoms with E-state index < -0.39 is 17.5 Å². The van der Waals surface area contributed by atoms with Gasteiger partial charge >= 0.3 is 5.97 Å². The van der Waals surface area contributed by atoms with Gasteiger partial charge in [0.2, 0.25) is 0 Å². The summed E-state index contributed by atoms with van der Waals surface area (Å²) < 4.78 is 5.55. The van der Waals surface area contributed by atoms with Crippen LogP contribution in [0.2, 0.25) is 0 Å². The summed E-state index contributed by atoms with van der Waals surface area (Å²) in [4.78, 5) is 11.0. The minimum absolute atomic E-state index is 0.0653. The first-order valence-corrected chi connectivity index (χ1v) is 6.01. The fourth-order valence-corrected chi connectivity index (χ4v) is 1.43. The van der Waals surface area contributed by atoms with Crippen LogP contribution in [0.25, 0.3) is 0 Å². The Morgan fingerprint density at radius 2 is 2.00 bits per heavy atom. The van der Waals surface area contributed by atoms with Gasteiger partial charge in [-0.25, -0.2) is 0 Å². The van der Waals surface area contributed by atoms with E-state index in [1.54, 1.807) is 32.0 Å². The largest absolute Gasteiger partial charge is 0.492 e. The highest BCUT2D eigenvalue weighted by molar-refractivity contribution is 5.73. The number of hydrogen-bond acceptors (Lipinski definition) is 3. The monoisotopic (exact) mass is 252 g/mol. The standard InChI is InChI=1S/C14H20O4/c1-4-11(15)10-7-5-6-8-12(10)18-9-14(2,3)13(16)17/h5-8,11,15H,4,9H2,1-3H3,(H,16,17). The van der Waals surface area contributed by atoms with Crippen LogP contribution >= 0.6 is 0 Å². The summed E-state index contributed by atoms with van der Waals surface area (Å²) in [5.41, 5.74) is -0.259. The molecule has 0 fully saturated rings. The van der Waals surface area contributed by atoms with E-state index in [0.29, 0.717) is 17.7 Å². The molecule has 1 aromatic rings. The topological polar surface area (TPSA) is 66.8 Å². The molecule has 0 radical (unpaired) electrons. The van der Waals surface area contributed by atoms with Crippen LogP contribution in [-0.4, -0.2) is 22.8 Å². The lowest BCUT2D eigenvalue weighted by Crippen LogP contribution is -2.30. The molecule has 0 amide bonds. The first-order chi connectivity index (χ1) is 8.38. The van der Waals surface area contributed by atoms with Crippen LogP contribution in [0.4, 0.5) is 0 Å². The lowest BCUT2D eigenvalue weighted by Gasteiger charge is -2.21. The highest BCUT2D eigenvalue weighted by atomic mass is 16.5. The minimum Gasteiger partial charge on any atom is -0.492 e. The van der Waals surface area contributed by atoms with E-state index in [4.69, 9.17) is 9.84 Å². The fourth-order valence-electron chi connectivity index (χ4n) is 1.43. The van der Waals surface area contributed by atoms with Crippen LogP contribution in [0, 0.1) is 5.41 Å². The number of rotatable bonds is 6. The summed E-state index contributed by atoms with van der Waals surface area (Å²) in [6.07, 6.45) is -0.00275. The smallest absolute Gasteiger partial charge is 0.312 e. The van der Waals surface area contributed by atoms with Crippen molar-refractivity contribution in [2.45, 2.75) is 33.3 Å². The Labute approximate surface area is 107 Å². The van der Waals surface area contributed by atoms with Crippen LogP contribution in [0.1, 0.15) is 38.9 Å². The SMILES string of the molecule is CCC(O)c1ccccc1OCC(C)(C)C(=O)O. The number of carboxylic acid groups (broad SMARTS) is 1. The number of benzene rings is 1. The maximum absolute atomic E-state index is 11.0. The molecular weight excluding hydrogens is 232 g/mol. The van der Waals surface area contributed by atoms with Crippen molar-refractivity contribution in [2.24, 2.45) is 5.41 Å². The number of hydrogen-bond donors (Lipinski definition) is 2. The molecule has 2 N–H and O–H groups in total. The number of para-hydroxylation sites is 1. The van der Waals surface area contributed by atoms with E-state index in [1.807, 2.05) is 13.0 Å². The van der Waals surface area contributed by atoms with Gasteiger partial charge in [-0.05, 0) is 26.3 Å². The summed E-state index contributed by atoms with van der Waals surface area (Å²) in [5, 5.41) is 18.9. The van der Waals surface area contributed by atoms with Crippen LogP contribution in [0.15, 0.2) is 24.3 Å². The van der Waals surface area contributed by atoms with Crippen molar-refractivity contribution in [3.8, 4) is 5.75 Å². The van der Waals surface area contributed by atoms with E-state index >= 15 is 0 Å². The second-order valence-electron chi connectivity index (χ2n) is 4.94. The Bertz CT molecular complexity index is 412. The van der Waals surface area contributed by atoms with E-state index in [0.717, 1.165) is 0 Å². The van der Waals surface area contributed by atoms with Crippen LogP contribution in [-0.2, 0) is 4.79 Å². The molecule has 0 heterocycles. The van der Waals surface area contributed by atoms with Crippen molar-refractivity contribution in [1.82, 2.24) is 0 Å². The van der Waals surface area contributed by atoms with E-state index in [-0.39, 0.29) is 6.61 Å². The molecule has 1 rings (SSSR count). The van der Waals surface area contributed by atoms with Crippen molar-refractivity contribution < 1.29 is 19.7 Å². The molecule has 18 heavy (non-hydrogen) atoms. The Hall–Kier alpha value is -1.55. The molecule has 0 aromatic heterocycles. The summed E-state index contributed by atoms with van der Waals surface area (Å²) in [6.45, 7) is 5.15. The molecule has 1 unspecified atom stereocenters. The molecule has 0 aliphatic rings. The number of aliphatic carboxylic acids is 1. The molecule has 100 valence electrons.